The van der Waals surface area contributed by atoms with Gasteiger partial charge >= 0.3 is 0 Å². The predicted octanol–water partition coefficient (Wildman–Crippen LogP) is 2.06. The van der Waals surface area contributed by atoms with Gasteiger partial charge in [-0.3, -0.25) is 0 Å². The van der Waals surface area contributed by atoms with Crippen LogP contribution in [0.4, 0.5) is 0 Å². The van der Waals surface area contributed by atoms with E-state index in [0.29, 0.717) is 12.0 Å². The first-order valence-corrected chi connectivity index (χ1v) is 5.80. The van der Waals surface area contributed by atoms with Gasteiger partial charge in [-0.15, -0.1) is 0 Å². The van der Waals surface area contributed by atoms with Crippen LogP contribution in [-0.2, 0) is 0 Å². The number of hydrogen-bond donors (Lipinski definition) is 2. The van der Waals surface area contributed by atoms with E-state index in [0.717, 1.165) is 12.3 Å². The van der Waals surface area contributed by atoms with Gasteiger partial charge in [0.05, 0.1) is 12.3 Å². The zero-order valence-corrected chi connectivity index (χ0v) is 9.28. The van der Waals surface area contributed by atoms with Gasteiger partial charge in [0, 0.05) is 6.04 Å². The van der Waals surface area contributed by atoms with E-state index >= 15 is 0 Å². The number of nitrogens with two attached hydrogens (primary N) is 1. The molecule has 0 aromatic carbocycles. The van der Waals surface area contributed by atoms with Gasteiger partial charge in [-0.25, -0.2) is 0 Å². The van der Waals surface area contributed by atoms with E-state index in [-0.39, 0.29) is 6.04 Å². The van der Waals surface area contributed by atoms with Gasteiger partial charge in [-0.2, -0.15) is 0 Å². The maximum atomic E-state index is 5.76. The lowest BCUT2D eigenvalue weighted by atomic mass is 10.0. The lowest BCUT2D eigenvalue weighted by molar-refractivity contribution is 0.341. The van der Waals surface area contributed by atoms with Crippen molar-refractivity contribution in [3.8, 4) is 0 Å². The molecule has 2 unspecified atom stereocenters. The maximum absolute atomic E-state index is 5.76. The molecule has 1 saturated carbocycles. The summed E-state index contributed by atoms with van der Waals surface area (Å²) in [5, 5.41) is 3.61. The molecule has 84 valence electrons. The number of rotatable bonds is 4. The van der Waals surface area contributed by atoms with Crippen LogP contribution in [0.15, 0.2) is 22.8 Å². The Balaban J connectivity index is 1.91. The lowest BCUT2D eigenvalue weighted by Gasteiger charge is -2.23. The Hall–Kier alpha value is -0.800. The zero-order chi connectivity index (χ0) is 10.7. The summed E-state index contributed by atoms with van der Waals surface area (Å²) < 4.78 is 5.38. The molecule has 3 nitrogen and oxygen atoms in total. The van der Waals surface area contributed by atoms with Gasteiger partial charge in [-0.05, 0) is 44.4 Å². The van der Waals surface area contributed by atoms with Crippen LogP contribution in [0.25, 0.3) is 0 Å². The molecule has 1 aliphatic carbocycles. The molecule has 1 fully saturated rings. The number of nitrogens with one attached hydrogen (secondary N) is 1. The summed E-state index contributed by atoms with van der Waals surface area (Å²) in [5.74, 6) is 1.65. The Morgan fingerprint density at radius 2 is 2.47 bits per heavy atom. The summed E-state index contributed by atoms with van der Waals surface area (Å²) in [5.41, 5.74) is 5.76. The molecule has 1 heterocycles. The Bertz CT molecular complexity index is 284. The summed E-state index contributed by atoms with van der Waals surface area (Å²) in [6.07, 6.45) is 5.53. The van der Waals surface area contributed by atoms with Crippen LogP contribution in [0.3, 0.4) is 0 Å². The smallest absolute Gasteiger partial charge is 0.120 e. The first-order valence-electron chi connectivity index (χ1n) is 5.80. The Labute approximate surface area is 91.0 Å². The average molecular weight is 208 g/mol. The number of furan rings is 1. The minimum Gasteiger partial charge on any atom is -0.468 e. The molecule has 15 heavy (non-hydrogen) atoms. The van der Waals surface area contributed by atoms with Crippen LogP contribution in [0, 0.1) is 5.92 Å². The summed E-state index contributed by atoms with van der Waals surface area (Å²) >= 11 is 0. The summed E-state index contributed by atoms with van der Waals surface area (Å²) in [6, 6.07) is 4.80. The fraction of sp³-hybridized carbons (Fsp3) is 0.667. The molecule has 3 atom stereocenters. The zero-order valence-electron chi connectivity index (χ0n) is 9.28. The molecule has 1 aromatic heterocycles. The molecule has 0 amide bonds. The summed E-state index contributed by atoms with van der Waals surface area (Å²) in [7, 11) is 0. The quantitative estimate of drug-likeness (QED) is 0.796. The van der Waals surface area contributed by atoms with E-state index in [1.165, 1.54) is 19.3 Å². The van der Waals surface area contributed by atoms with Crippen molar-refractivity contribution in [3.05, 3.63) is 24.2 Å². The van der Waals surface area contributed by atoms with Gasteiger partial charge in [0.2, 0.25) is 0 Å². The van der Waals surface area contributed by atoms with Gasteiger partial charge in [0.25, 0.3) is 0 Å². The average Bonchev–Trinajstić information content (AvgIpc) is 2.87. The fourth-order valence-electron chi connectivity index (χ4n) is 2.48. The highest BCUT2D eigenvalue weighted by atomic mass is 16.3. The van der Waals surface area contributed by atoms with Crippen molar-refractivity contribution < 1.29 is 4.42 Å². The molecule has 3 heteroatoms. The molecule has 1 aliphatic rings. The van der Waals surface area contributed by atoms with E-state index in [2.05, 4.69) is 12.2 Å². The SMILES string of the molecule is C[C@H](NC1CCCC1CN)c1ccco1. The predicted molar refractivity (Wildman–Crippen MR) is 60.4 cm³/mol. The van der Waals surface area contributed by atoms with Gasteiger partial charge < -0.3 is 15.5 Å². The molecule has 0 bridgehead atoms. The fourth-order valence-corrected chi connectivity index (χ4v) is 2.48. The van der Waals surface area contributed by atoms with E-state index < -0.39 is 0 Å². The molecular formula is C12H20N2O. The van der Waals surface area contributed by atoms with Crippen molar-refractivity contribution in [3.63, 3.8) is 0 Å². The standard InChI is InChI=1S/C12H20N2O/c1-9(12-6-3-7-15-12)14-11-5-2-4-10(11)8-13/h3,6-7,9-11,14H,2,4-5,8,13H2,1H3/t9-,10?,11?/m0/s1. The van der Waals surface area contributed by atoms with Crippen molar-refractivity contribution >= 4 is 0 Å². The van der Waals surface area contributed by atoms with E-state index in [1.54, 1.807) is 6.26 Å². The molecule has 1 aromatic rings. The molecule has 0 spiro atoms. The highest BCUT2D eigenvalue weighted by Crippen LogP contribution is 2.27. The molecule has 2 rings (SSSR count). The van der Waals surface area contributed by atoms with Crippen molar-refractivity contribution in [2.75, 3.05) is 6.54 Å². The van der Waals surface area contributed by atoms with Crippen molar-refractivity contribution in [1.29, 1.82) is 0 Å². The van der Waals surface area contributed by atoms with Crippen LogP contribution in [0.5, 0.6) is 0 Å². The van der Waals surface area contributed by atoms with Crippen LogP contribution in [-0.4, -0.2) is 12.6 Å². The molecule has 0 saturated heterocycles. The van der Waals surface area contributed by atoms with Gasteiger partial charge in [0.15, 0.2) is 0 Å². The van der Waals surface area contributed by atoms with Gasteiger partial charge in [0.1, 0.15) is 5.76 Å². The van der Waals surface area contributed by atoms with Crippen molar-refractivity contribution in [2.45, 2.75) is 38.3 Å². The van der Waals surface area contributed by atoms with Crippen LogP contribution < -0.4 is 11.1 Å². The monoisotopic (exact) mass is 208 g/mol. The largest absolute Gasteiger partial charge is 0.468 e. The number of hydrogen-bond acceptors (Lipinski definition) is 3. The third kappa shape index (κ3) is 2.41. The second-order valence-corrected chi connectivity index (χ2v) is 4.44. The van der Waals surface area contributed by atoms with Crippen LogP contribution in [0.1, 0.15) is 38.0 Å². The van der Waals surface area contributed by atoms with Crippen molar-refractivity contribution in [1.82, 2.24) is 5.32 Å². The lowest BCUT2D eigenvalue weighted by Crippen LogP contribution is -2.37. The van der Waals surface area contributed by atoms with E-state index in [1.807, 2.05) is 12.1 Å². The second-order valence-electron chi connectivity index (χ2n) is 4.44. The highest BCUT2D eigenvalue weighted by molar-refractivity contribution is 5.04. The summed E-state index contributed by atoms with van der Waals surface area (Å²) in [6.45, 7) is 2.94. The van der Waals surface area contributed by atoms with E-state index in [9.17, 15) is 0 Å². The highest BCUT2D eigenvalue weighted by Gasteiger charge is 2.27. The third-order valence-electron chi connectivity index (χ3n) is 3.40. The Kier molecular flexibility index (Phi) is 3.44. The topological polar surface area (TPSA) is 51.2 Å². The minimum atomic E-state index is 0.289. The first kappa shape index (κ1) is 10.7. The summed E-state index contributed by atoms with van der Waals surface area (Å²) in [4.78, 5) is 0. The maximum Gasteiger partial charge on any atom is 0.120 e. The molecule has 0 radical (unpaired) electrons. The molecule has 0 aliphatic heterocycles. The molecule has 3 N–H and O–H groups in total. The normalized spacial score (nSPS) is 28.1. The van der Waals surface area contributed by atoms with E-state index in [4.69, 9.17) is 10.2 Å². The molecular weight excluding hydrogens is 188 g/mol. The van der Waals surface area contributed by atoms with Crippen molar-refractivity contribution in [2.24, 2.45) is 11.7 Å². The Morgan fingerprint density at radius 1 is 1.60 bits per heavy atom. The van der Waals surface area contributed by atoms with Crippen LogP contribution >= 0.6 is 0 Å². The third-order valence-corrected chi connectivity index (χ3v) is 3.40. The minimum absolute atomic E-state index is 0.289. The Morgan fingerprint density at radius 3 is 3.13 bits per heavy atom. The first-order chi connectivity index (χ1) is 7.31. The second kappa shape index (κ2) is 4.81. The van der Waals surface area contributed by atoms with Gasteiger partial charge in [-0.1, -0.05) is 6.42 Å². The van der Waals surface area contributed by atoms with Crippen LogP contribution in [0.2, 0.25) is 0 Å².